The van der Waals surface area contributed by atoms with Gasteiger partial charge in [0.2, 0.25) is 10.3 Å². The SMILES string of the molecule is O=S(=O)=CCCC[n+]1ccccc1. The summed E-state index contributed by atoms with van der Waals surface area (Å²) in [5.41, 5.74) is 0. The molecule has 0 radical (unpaired) electrons. The first kappa shape index (κ1) is 9.92. The zero-order valence-corrected chi connectivity index (χ0v) is 8.07. The summed E-state index contributed by atoms with van der Waals surface area (Å²) in [4.78, 5) is 0. The van der Waals surface area contributed by atoms with Gasteiger partial charge in [0, 0.05) is 23.9 Å². The van der Waals surface area contributed by atoms with Crippen molar-refractivity contribution in [1.82, 2.24) is 0 Å². The first-order valence-corrected chi connectivity index (χ1v) is 5.28. The van der Waals surface area contributed by atoms with Crippen molar-refractivity contribution in [3.63, 3.8) is 0 Å². The van der Waals surface area contributed by atoms with Gasteiger partial charge in [-0.05, 0) is 6.42 Å². The summed E-state index contributed by atoms with van der Waals surface area (Å²) in [6, 6.07) is 5.86. The largest absolute Gasteiger partial charge is 0.209 e. The molecule has 0 unspecified atom stereocenters. The number of aryl methyl sites for hydroxylation is 1. The summed E-state index contributed by atoms with van der Waals surface area (Å²) in [7, 11) is -2.01. The molecule has 1 aromatic heterocycles. The molecule has 0 amide bonds. The highest BCUT2D eigenvalue weighted by Gasteiger charge is 1.95. The molecule has 0 fully saturated rings. The van der Waals surface area contributed by atoms with E-state index in [9.17, 15) is 8.42 Å². The monoisotopic (exact) mass is 198 g/mol. The van der Waals surface area contributed by atoms with Gasteiger partial charge < -0.3 is 0 Å². The van der Waals surface area contributed by atoms with Crippen LogP contribution in [0.5, 0.6) is 0 Å². The van der Waals surface area contributed by atoms with Crippen molar-refractivity contribution in [1.29, 1.82) is 0 Å². The lowest BCUT2D eigenvalue weighted by Gasteiger charge is -1.91. The molecule has 0 aliphatic carbocycles. The number of unbranched alkanes of at least 4 members (excludes halogenated alkanes) is 1. The molecule has 0 saturated carbocycles. The standard InChI is InChI=1S/C9H12NO2S/c11-13(12)9-5-4-8-10-6-2-1-3-7-10/h1-3,6-7,9H,4-5,8H2/q+1. The fourth-order valence-corrected chi connectivity index (χ4v) is 1.40. The normalized spacial score (nSPS) is 9.54. The second-order valence-corrected chi connectivity index (χ2v) is 3.54. The molecule has 0 spiro atoms. The van der Waals surface area contributed by atoms with Crippen molar-refractivity contribution in [3.8, 4) is 0 Å². The number of pyridine rings is 1. The Morgan fingerprint density at radius 2 is 1.85 bits per heavy atom. The van der Waals surface area contributed by atoms with Gasteiger partial charge in [0.05, 0.1) is 0 Å². The van der Waals surface area contributed by atoms with Crippen molar-refractivity contribution in [2.75, 3.05) is 0 Å². The Hall–Kier alpha value is -1.16. The highest BCUT2D eigenvalue weighted by atomic mass is 32.2. The van der Waals surface area contributed by atoms with Crippen LogP contribution in [0.3, 0.4) is 0 Å². The minimum absolute atomic E-state index is 0.609. The molecule has 70 valence electrons. The van der Waals surface area contributed by atoms with E-state index in [1.807, 2.05) is 35.2 Å². The van der Waals surface area contributed by atoms with Crippen molar-refractivity contribution in [3.05, 3.63) is 30.6 Å². The Morgan fingerprint density at radius 1 is 1.15 bits per heavy atom. The van der Waals surface area contributed by atoms with Crippen LogP contribution in [0.25, 0.3) is 0 Å². The van der Waals surface area contributed by atoms with Gasteiger partial charge in [-0.3, -0.25) is 0 Å². The van der Waals surface area contributed by atoms with Crippen molar-refractivity contribution in [2.24, 2.45) is 0 Å². The summed E-state index contributed by atoms with van der Waals surface area (Å²) in [5, 5.41) is 1.30. The first-order valence-electron chi connectivity index (χ1n) is 4.14. The Morgan fingerprint density at radius 3 is 2.46 bits per heavy atom. The zero-order valence-electron chi connectivity index (χ0n) is 7.26. The van der Waals surface area contributed by atoms with E-state index in [1.165, 1.54) is 5.37 Å². The number of nitrogens with zero attached hydrogens (tertiary/aromatic N) is 1. The van der Waals surface area contributed by atoms with Gasteiger partial charge in [-0.25, -0.2) is 4.57 Å². The first-order chi connectivity index (χ1) is 6.29. The maximum Gasteiger partial charge on any atom is 0.209 e. The lowest BCUT2D eigenvalue weighted by Crippen LogP contribution is -2.32. The van der Waals surface area contributed by atoms with E-state index < -0.39 is 10.3 Å². The molecule has 1 aromatic rings. The van der Waals surface area contributed by atoms with Crippen LogP contribution < -0.4 is 4.57 Å². The van der Waals surface area contributed by atoms with Crippen LogP contribution in [0.2, 0.25) is 0 Å². The summed E-state index contributed by atoms with van der Waals surface area (Å²) >= 11 is 0. The molecule has 0 aliphatic heterocycles. The van der Waals surface area contributed by atoms with Gasteiger partial charge in [-0.15, -0.1) is 0 Å². The molecule has 3 nitrogen and oxygen atoms in total. The van der Waals surface area contributed by atoms with Gasteiger partial charge in [-0.2, -0.15) is 8.42 Å². The van der Waals surface area contributed by atoms with Crippen molar-refractivity contribution < 1.29 is 13.0 Å². The van der Waals surface area contributed by atoms with Gasteiger partial charge in [0.25, 0.3) is 0 Å². The molecule has 0 saturated heterocycles. The van der Waals surface area contributed by atoms with E-state index in [0.717, 1.165) is 13.0 Å². The van der Waals surface area contributed by atoms with Crippen LogP contribution in [0.1, 0.15) is 12.8 Å². The van der Waals surface area contributed by atoms with Crippen LogP contribution in [0.4, 0.5) is 0 Å². The molecule has 0 aliphatic rings. The molecule has 1 rings (SSSR count). The third kappa shape index (κ3) is 4.42. The number of hydrogen-bond acceptors (Lipinski definition) is 2. The fourth-order valence-electron chi connectivity index (χ4n) is 1.04. The summed E-state index contributed by atoms with van der Waals surface area (Å²) < 4.78 is 22.3. The number of aromatic nitrogens is 1. The van der Waals surface area contributed by atoms with Crippen LogP contribution >= 0.6 is 0 Å². The molecular weight excluding hydrogens is 186 g/mol. The summed E-state index contributed by atoms with van der Waals surface area (Å²) in [6.45, 7) is 0.856. The summed E-state index contributed by atoms with van der Waals surface area (Å²) in [6.07, 6.45) is 5.39. The molecule has 1 heterocycles. The smallest absolute Gasteiger partial charge is 0.205 e. The Kier molecular flexibility index (Phi) is 4.18. The van der Waals surface area contributed by atoms with Crippen LogP contribution in [0, 0.1) is 0 Å². The van der Waals surface area contributed by atoms with E-state index >= 15 is 0 Å². The second-order valence-electron chi connectivity index (χ2n) is 2.68. The topological polar surface area (TPSA) is 38.0 Å². The van der Waals surface area contributed by atoms with E-state index in [2.05, 4.69) is 0 Å². The molecule has 0 atom stereocenters. The van der Waals surface area contributed by atoms with Gasteiger partial charge in [0.1, 0.15) is 6.54 Å². The van der Waals surface area contributed by atoms with Crippen LogP contribution in [-0.2, 0) is 16.8 Å². The van der Waals surface area contributed by atoms with E-state index in [1.54, 1.807) is 0 Å². The van der Waals surface area contributed by atoms with E-state index in [-0.39, 0.29) is 0 Å². The maximum atomic E-state index is 10.1. The highest BCUT2D eigenvalue weighted by molar-refractivity contribution is 7.71. The van der Waals surface area contributed by atoms with E-state index in [0.29, 0.717) is 6.42 Å². The van der Waals surface area contributed by atoms with Crippen LogP contribution in [-0.4, -0.2) is 13.8 Å². The number of hydrogen-bond donors (Lipinski definition) is 0. The zero-order chi connectivity index (χ0) is 9.52. The molecule has 0 bridgehead atoms. The maximum absolute atomic E-state index is 10.1. The quantitative estimate of drug-likeness (QED) is 0.400. The Bertz CT molecular complexity index is 362. The van der Waals surface area contributed by atoms with Gasteiger partial charge in [0.15, 0.2) is 12.4 Å². The third-order valence-electron chi connectivity index (χ3n) is 1.65. The minimum atomic E-state index is -2.01. The number of rotatable bonds is 4. The average molecular weight is 198 g/mol. The van der Waals surface area contributed by atoms with Gasteiger partial charge in [-0.1, -0.05) is 6.07 Å². The molecule has 0 N–H and O–H groups in total. The second kappa shape index (κ2) is 5.48. The Labute approximate surface area is 79.2 Å². The lowest BCUT2D eigenvalue weighted by atomic mass is 10.3. The average Bonchev–Trinajstić information content (AvgIpc) is 2.14. The van der Waals surface area contributed by atoms with Gasteiger partial charge >= 0.3 is 0 Å². The van der Waals surface area contributed by atoms with Crippen molar-refractivity contribution in [2.45, 2.75) is 19.4 Å². The molecular formula is C9H12NO2S+. The predicted molar refractivity (Wildman–Crippen MR) is 50.9 cm³/mol. The third-order valence-corrected chi connectivity index (χ3v) is 2.16. The Balaban J connectivity index is 2.32. The van der Waals surface area contributed by atoms with Crippen molar-refractivity contribution >= 4 is 15.7 Å². The lowest BCUT2D eigenvalue weighted by molar-refractivity contribution is -0.697. The highest BCUT2D eigenvalue weighted by Crippen LogP contribution is 1.85. The molecule has 13 heavy (non-hydrogen) atoms. The fraction of sp³-hybridized carbons (Fsp3) is 0.333. The van der Waals surface area contributed by atoms with Crippen LogP contribution in [0.15, 0.2) is 30.6 Å². The molecule has 4 heteroatoms. The minimum Gasteiger partial charge on any atom is -0.205 e. The summed E-state index contributed by atoms with van der Waals surface area (Å²) in [5.74, 6) is 0. The predicted octanol–water partition coefficient (Wildman–Crippen LogP) is 0.436. The molecule has 0 aromatic carbocycles. The van der Waals surface area contributed by atoms with E-state index in [4.69, 9.17) is 0 Å².